The van der Waals surface area contributed by atoms with E-state index in [4.69, 9.17) is 9.47 Å². The molecule has 0 aromatic heterocycles. The first-order valence-corrected chi connectivity index (χ1v) is 9.00. The first kappa shape index (κ1) is 20.3. The fraction of sp³-hybridized carbons (Fsp3) is 0.333. The lowest BCUT2D eigenvalue weighted by Gasteiger charge is -2.18. The van der Waals surface area contributed by atoms with Gasteiger partial charge in [-0.3, -0.25) is 9.59 Å². The van der Waals surface area contributed by atoms with Crippen LogP contribution >= 0.6 is 0 Å². The van der Waals surface area contributed by atoms with E-state index in [1.165, 1.54) is 0 Å². The highest BCUT2D eigenvalue weighted by molar-refractivity contribution is 5.97. The maximum absolute atomic E-state index is 12.4. The standard InChI is InChI=1S/C21H26N2O4/c1-4-26-18-12-11-17(13-19(18)27-5-2)21(25)22-14-20(24)23(3)15-16-9-7-6-8-10-16/h6-13H,4-5,14-15H2,1-3H3,(H,22,25). The predicted octanol–water partition coefficient (Wildman–Crippen LogP) is 2.87. The van der Waals surface area contributed by atoms with E-state index < -0.39 is 0 Å². The van der Waals surface area contributed by atoms with Gasteiger partial charge in [0.2, 0.25) is 5.91 Å². The summed E-state index contributed by atoms with van der Waals surface area (Å²) < 4.78 is 11.0. The van der Waals surface area contributed by atoms with Gasteiger partial charge in [-0.05, 0) is 37.6 Å². The highest BCUT2D eigenvalue weighted by Crippen LogP contribution is 2.28. The normalized spacial score (nSPS) is 10.2. The zero-order valence-corrected chi connectivity index (χ0v) is 16.0. The third-order valence-electron chi connectivity index (χ3n) is 3.89. The Hall–Kier alpha value is -3.02. The first-order valence-electron chi connectivity index (χ1n) is 9.00. The van der Waals surface area contributed by atoms with Gasteiger partial charge in [-0.15, -0.1) is 0 Å². The van der Waals surface area contributed by atoms with Gasteiger partial charge in [-0.25, -0.2) is 0 Å². The number of hydrogen-bond acceptors (Lipinski definition) is 4. The van der Waals surface area contributed by atoms with Crippen LogP contribution in [0.2, 0.25) is 0 Å². The molecule has 0 unspecified atom stereocenters. The molecule has 27 heavy (non-hydrogen) atoms. The first-order chi connectivity index (χ1) is 13.0. The summed E-state index contributed by atoms with van der Waals surface area (Å²) in [4.78, 5) is 26.2. The van der Waals surface area contributed by atoms with Crippen molar-refractivity contribution in [1.82, 2.24) is 10.2 Å². The van der Waals surface area contributed by atoms with Crippen LogP contribution in [0.4, 0.5) is 0 Å². The molecule has 0 aliphatic rings. The Balaban J connectivity index is 1.94. The molecular formula is C21H26N2O4. The van der Waals surface area contributed by atoms with Crippen LogP contribution in [0.5, 0.6) is 11.5 Å². The van der Waals surface area contributed by atoms with Crippen molar-refractivity contribution in [3.05, 3.63) is 59.7 Å². The molecule has 0 aliphatic heterocycles. The lowest BCUT2D eigenvalue weighted by atomic mass is 10.2. The van der Waals surface area contributed by atoms with Gasteiger partial charge in [-0.1, -0.05) is 30.3 Å². The van der Waals surface area contributed by atoms with Gasteiger partial charge in [-0.2, -0.15) is 0 Å². The molecule has 144 valence electrons. The summed E-state index contributed by atoms with van der Waals surface area (Å²) in [6, 6.07) is 14.7. The van der Waals surface area contributed by atoms with Crippen LogP contribution < -0.4 is 14.8 Å². The molecule has 2 aromatic rings. The molecule has 2 rings (SSSR count). The molecular weight excluding hydrogens is 344 g/mol. The number of benzene rings is 2. The lowest BCUT2D eigenvalue weighted by molar-refractivity contribution is -0.129. The van der Waals surface area contributed by atoms with Crippen LogP contribution in [0.25, 0.3) is 0 Å². The van der Waals surface area contributed by atoms with Crippen molar-refractivity contribution in [3.63, 3.8) is 0 Å². The molecule has 0 saturated carbocycles. The number of nitrogens with zero attached hydrogens (tertiary/aromatic N) is 1. The van der Waals surface area contributed by atoms with Crippen LogP contribution in [0.15, 0.2) is 48.5 Å². The summed E-state index contributed by atoms with van der Waals surface area (Å²) in [6.07, 6.45) is 0. The minimum absolute atomic E-state index is 0.0701. The Kier molecular flexibility index (Phi) is 7.67. The molecule has 0 heterocycles. The van der Waals surface area contributed by atoms with E-state index in [1.54, 1.807) is 30.1 Å². The molecule has 1 N–H and O–H groups in total. The number of carbonyl (C=O) groups is 2. The average molecular weight is 370 g/mol. The smallest absolute Gasteiger partial charge is 0.251 e. The Morgan fingerprint density at radius 1 is 0.963 bits per heavy atom. The van der Waals surface area contributed by atoms with E-state index in [0.717, 1.165) is 5.56 Å². The summed E-state index contributed by atoms with van der Waals surface area (Å²) in [6.45, 7) is 5.14. The van der Waals surface area contributed by atoms with Crippen molar-refractivity contribution in [2.24, 2.45) is 0 Å². The summed E-state index contributed by atoms with van der Waals surface area (Å²) in [5.74, 6) is 0.609. The molecule has 0 atom stereocenters. The second-order valence-electron chi connectivity index (χ2n) is 5.95. The number of amides is 2. The van der Waals surface area contributed by atoms with Crippen molar-refractivity contribution in [2.75, 3.05) is 26.8 Å². The number of nitrogens with one attached hydrogen (secondary N) is 1. The van der Waals surface area contributed by atoms with E-state index in [0.29, 0.717) is 36.8 Å². The maximum atomic E-state index is 12.4. The maximum Gasteiger partial charge on any atom is 0.251 e. The third kappa shape index (κ3) is 6.02. The zero-order valence-electron chi connectivity index (χ0n) is 16.0. The lowest BCUT2D eigenvalue weighted by Crippen LogP contribution is -2.37. The number of ether oxygens (including phenoxy) is 2. The molecule has 0 saturated heterocycles. The summed E-state index contributed by atoms with van der Waals surface area (Å²) in [5.41, 5.74) is 1.45. The summed E-state index contributed by atoms with van der Waals surface area (Å²) in [5, 5.41) is 2.66. The van der Waals surface area contributed by atoms with Crippen molar-refractivity contribution >= 4 is 11.8 Å². The summed E-state index contributed by atoms with van der Waals surface area (Å²) in [7, 11) is 1.71. The van der Waals surface area contributed by atoms with Gasteiger partial charge in [0.05, 0.1) is 19.8 Å². The molecule has 6 heteroatoms. The average Bonchev–Trinajstić information content (AvgIpc) is 2.68. The number of rotatable bonds is 9. The Morgan fingerprint density at radius 3 is 2.30 bits per heavy atom. The number of hydrogen-bond donors (Lipinski definition) is 1. The van der Waals surface area contributed by atoms with Crippen molar-refractivity contribution in [1.29, 1.82) is 0 Å². The SMILES string of the molecule is CCOc1ccc(C(=O)NCC(=O)N(C)Cc2ccccc2)cc1OCC. The number of carbonyl (C=O) groups excluding carboxylic acids is 2. The zero-order chi connectivity index (χ0) is 19.6. The van der Waals surface area contributed by atoms with Gasteiger partial charge in [0.15, 0.2) is 11.5 Å². The highest BCUT2D eigenvalue weighted by Gasteiger charge is 2.14. The molecule has 0 aliphatic carbocycles. The van der Waals surface area contributed by atoms with Crippen molar-refractivity contribution in [2.45, 2.75) is 20.4 Å². The van der Waals surface area contributed by atoms with E-state index in [9.17, 15) is 9.59 Å². The second-order valence-corrected chi connectivity index (χ2v) is 5.95. The quantitative estimate of drug-likeness (QED) is 0.737. The van der Waals surface area contributed by atoms with Gasteiger partial charge < -0.3 is 19.7 Å². The molecule has 0 bridgehead atoms. The monoisotopic (exact) mass is 370 g/mol. The topological polar surface area (TPSA) is 67.9 Å². The van der Waals surface area contributed by atoms with Crippen LogP contribution in [-0.4, -0.2) is 43.5 Å². The Bertz CT molecular complexity index is 762. The fourth-order valence-electron chi connectivity index (χ4n) is 2.53. The van der Waals surface area contributed by atoms with Crippen LogP contribution in [0, 0.1) is 0 Å². The van der Waals surface area contributed by atoms with E-state index in [2.05, 4.69) is 5.32 Å². The van der Waals surface area contributed by atoms with Gasteiger partial charge in [0.1, 0.15) is 0 Å². The van der Waals surface area contributed by atoms with Crippen LogP contribution in [-0.2, 0) is 11.3 Å². The van der Waals surface area contributed by atoms with Gasteiger partial charge >= 0.3 is 0 Å². The third-order valence-corrected chi connectivity index (χ3v) is 3.89. The Labute approximate surface area is 160 Å². The van der Waals surface area contributed by atoms with Crippen molar-refractivity contribution in [3.8, 4) is 11.5 Å². The van der Waals surface area contributed by atoms with E-state index >= 15 is 0 Å². The molecule has 6 nitrogen and oxygen atoms in total. The molecule has 2 amide bonds. The summed E-state index contributed by atoms with van der Waals surface area (Å²) >= 11 is 0. The van der Waals surface area contributed by atoms with Gasteiger partial charge in [0.25, 0.3) is 5.91 Å². The minimum Gasteiger partial charge on any atom is -0.490 e. The number of likely N-dealkylation sites (N-methyl/N-ethyl adjacent to an activating group) is 1. The predicted molar refractivity (Wildman–Crippen MR) is 104 cm³/mol. The van der Waals surface area contributed by atoms with E-state index in [-0.39, 0.29) is 18.4 Å². The van der Waals surface area contributed by atoms with Crippen molar-refractivity contribution < 1.29 is 19.1 Å². The minimum atomic E-state index is -0.333. The Morgan fingerprint density at radius 2 is 1.63 bits per heavy atom. The fourth-order valence-corrected chi connectivity index (χ4v) is 2.53. The van der Waals surface area contributed by atoms with E-state index in [1.807, 2.05) is 44.2 Å². The van der Waals surface area contributed by atoms with Crippen LogP contribution in [0.1, 0.15) is 29.8 Å². The largest absolute Gasteiger partial charge is 0.490 e. The highest BCUT2D eigenvalue weighted by atomic mass is 16.5. The molecule has 0 fully saturated rings. The molecule has 0 radical (unpaired) electrons. The van der Waals surface area contributed by atoms with Gasteiger partial charge in [0, 0.05) is 19.2 Å². The molecule has 0 spiro atoms. The van der Waals surface area contributed by atoms with Crippen LogP contribution in [0.3, 0.4) is 0 Å². The second kappa shape index (κ2) is 10.2. The molecule has 2 aromatic carbocycles.